The normalized spacial score (nSPS) is 16.1. The van der Waals surface area contributed by atoms with Crippen molar-refractivity contribution in [2.75, 3.05) is 25.6 Å². The van der Waals surface area contributed by atoms with Gasteiger partial charge in [0.25, 0.3) is 5.91 Å². The molecule has 6 rings (SSSR count). The van der Waals surface area contributed by atoms with Gasteiger partial charge in [-0.05, 0) is 102 Å². The fourth-order valence-corrected chi connectivity index (χ4v) is 7.05. The zero-order valence-electron chi connectivity index (χ0n) is 31.5. The standard InChI is InChI=1S/C43H51N3O9/c1-27-9-12-36-34(17-27)43(51)45-42(44-36)29-11-13-38(33(18-29)25-49)53-15-7-5-3-4-6-8-16-54-41-21-28(10-14-39(41)52-2)37-22-40(55-46-37)30-19-31(23-47)35(26-50)32(20-30)24-48/h9-14,17-21,40,42,44,47-50H,3-8,15-16,22-26H2,1-2H3,(H,45,51). The lowest BCUT2D eigenvalue weighted by atomic mass is 9.93. The van der Waals surface area contributed by atoms with Crippen LogP contribution in [0.1, 0.15) is 112 Å². The second kappa shape index (κ2) is 18.9. The minimum atomic E-state index is -0.399. The van der Waals surface area contributed by atoms with Crippen molar-refractivity contribution in [3.8, 4) is 17.2 Å². The molecule has 55 heavy (non-hydrogen) atoms. The number of aliphatic hydroxyl groups is 4. The quantitative estimate of drug-likeness (QED) is 0.0582. The summed E-state index contributed by atoms with van der Waals surface area (Å²) in [5.74, 6) is 1.79. The summed E-state index contributed by atoms with van der Waals surface area (Å²) >= 11 is 0. The van der Waals surface area contributed by atoms with Gasteiger partial charge in [-0.2, -0.15) is 0 Å². The van der Waals surface area contributed by atoms with E-state index in [1.165, 1.54) is 0 Å². The fourth-order valence-electron chi connectivity index (χ4n) is 7.05. The number of nitrogens with zero attached hydrogens (tertiary/aromatic N) is 1. The SMILES string of the molecule is COc1ccc(C2=NOC(c3cc(CO)c(CO)c(CO)c3)C2)cc1OCCCCCCCCOc1ccc(C2NC(=O)c3cc(C)ccc3N2)cc1CO. The topological polar surface area (TPSA) is 171 Å². The third-order valence-electron chi connectivity index (χ3n) is 10.1. The first kappa shape index (κ1) is 39.6. The molecule has 0 bridgehead atoms. The molecule has 0 radical (unpaired) electrons. The van der Waals surface area contributed by atoms with Crippen molar-refractivity contribution >= 4 is 17.3 Å². The Bertz CT molecular complexity index is 1960. The summed E-state index contributed by atoms with van der Waals surface area (Å²) < 4.78 is 17.7. The Morgan fingerprint density at radius 3 is 2.04 bits per heavy atom. The van der Waals surface area contributed by atoms with Gasteiger partial charge in [0, 0.05) is 23.2 Å². The number of hydrogen-bond acceptors (Lipinski definition) is 11. The van der Waals surface area contributed by atoms with E-state index in [0.29, 0.717) is 64.7 Å². The molecule has 6 N–H and O–H groups in total. The molecule has 2 aliphatic heterocycles. The molecule has 0 saturated carbocycles. The Labute approximate surface area is 321 Å². The van der Waals surface area contributed by atoms with Crippen LogP contribution < -0.4 is 24.8 Å². The van der Waals surface area contributed by atoms with Crippen LogP contribution in [0.5, 0.6) is 17.2 Å². The van der Waals surface area contributed by atoms with Crippen molar-refractivity contribution < 1.29 is 44.3 Å². The largest absolute Gasteiger partial charge is 0.493 e. The van der Waals surface area contributed by atoms with Gasteiger partial charge >= 0.3 is 0 Å². The lowest BCUT2D eigenvalue weighted by Crippen LogP contribution is -2.38. The van der Waals surface area contributed by atoms with E-state index in [4.69, 9.17) is 19.0 Å². The van der Waals surface area contributed by atoms with E-state index < -0.39 is 6.17 Å². The lowest BCUT2D eigenvalue weighted by Gasteiger charge is -2.29. The van der Waals surface area contributed by atoms with Crippen LogP contribution in [0.25, 0.3) is 0 Å². The third kappa shape index (κ3) is 9.57. The molecular formula is C43H51N3O9. The summed E-state index contributed by atoms with van der Waals surface area (Å²) in [6.45, 7) is 2.11. The molecule has 4 aromatic rings. The van der Waals surface area contributed by atoms with Crippen molar-refractivity contribution in [2.45, 2.75) is 90.6 Å². The van der Waals surface area contributed by atoms with Gasteiger partial charge in [-0.15, -0.1) is 0 Å². The summed E-state index contributed by atoms with van der Waals surface area (Å²) in [6, 6.07) is 20.7. The van der Waals surface area contributed by atoms with Gasteiger partial charge < -0.3 is 50.1 Å². The summed E-state index contributed by atoms with van der Waals surface area (Å²) in [5.41, 5.74) is 7.97. The Morgan fingerprint density at radius 2 is 1.36 bits per heavy atom. The van der Waals surface area contributed by atoms with Crippen LogP contribution in [0.15, 0.2) is 71.9 Å². The highest BCUT2D eigenvalue weighted by atomic mass is 16.6. The van der Waals surface area contributed by atoms with Gasteiger partial charge in [0.05, 0.1) is 58.0 Å². The predicted molar refractivity (Wildman–Crippen MR) is 208 cm³/mol. The molecule has 2 aliphatic rings. The van der Waals surface area contributed by atoms with Gasteiger partial charge in [-0.25, -0.2) is 0 Å². The molecule has 292 valence electrons. The van der Waals surface area contributed by atoms with Crippen molar-refractivity contribution in [1.29, 1.82) is 0 Å². The molecule has 0 fully saturated rings. The van der Waals surface area contributed by atoms with Crippen LogP contribution in [0.2, 0.25) is 0 Å². The van der Waals surface area contributed by atoms with E-state index >= 15 is 0 Å². The molecule has 12 heteroatoms. The first-order chi connectivity index (χ1) is 26.8. The van der Waals surface area contributed by atoms with E-state index in [0.717, 1.165) is 72.2 Å². The summed E-state index contributed by atoms with van der Waals surface area (Å²) in [7, 11) is 1.61. The predicted octanol–water partition coefficient (Wildman–Crippen LogP) is 6.49. The number of amides is 1. The van der Waals surface area contributed by atoms with Crippen LogP contribution in [-0.2, 0) is 31.3 Å². The molecule has 12 nitrogen and oxygen atoms in total. The monoisotopic (exact) mass is 753 g/mol. The number of benzene rings is 4. The number of carbonyl (C=O) groups excluding carboxylic acids is 1. The molecule has 2 heterocycles. The van der Waals surface area contributed by atoms with Crippen molar-refractivity contribution in [1.82, 2.24) is 5.32 Å². The van der Waals surface area contributed by atoms with Crippen LogP contribution in [-0.4, -0.2) is 52.4 Å². The van der Waals surface area contributed by atoms with Crippen molar-refractivity contribution in [2.24, 2.45) is 5.16 Å². The molecule has 0 saturated heterocycles. The maximum Gasteiger partial charge on any atom is 0.255 e. The van der Waals surface area contributed by atoms with E-state index in [9.17, 15) is 25.2 Å². The zero-order chi connectivity index (χ0) is 38.7. The number of carbonyl (C=O) groups is 1. The van der Waals surface area contributed by atoms with E-state index in [1.807, 2.05) is 61.5 Å². The maximum absolute atomic E-state index is 12.7. The average Bonchev–Trinajstić information content (AvgIpc) is 3.71. The highest BCUT2D eigenvalue weighted by Gasteiger charge is 2.27. The van der Waals surface area contributed by atoms with Crippen LogP contribution in [0.4, 0.5) is 5.69 Å². The maximum atomic E-state index is 12.7. The Kier molecular flexibility index (Phi) is 13.6. The number of unbranched alkanes of at least 4 members (excludes halogenated alkanes) is 5. The molecular weight excluding hydrogens is 702 g/mol. The Balaban J connectivity index is 0.902. The van der Waals surface area contributed by atoms with Crippen molar-refractivity contribution in [3.63, 3.8) is 0 Å². The van der Waals surface area contributed by atoms with E-state index in [2.05, 4.69) is 15.8 Å². The first-order valence-electron chi connectivity index (χ1n) is 18.9. The lowest BCUT2D eigenvalue weighted by molar-refractivity contribution is 0.0853. The molecule has 0 aromatic heterocycles. The molecule has 0 spiro atoms. The van der Waals surface area contributed by atoms with Crippen LogP contribution >= 0.6 is 0 Å². The number of ether oxygens (including phenoxy) is 3. The van der Waals surface area contributed by atoms with Gasteiger partial charge in [-0.1, -0.05) is 48.5 Å². The summed E-state index contributed by atoms with van der Waals surface area (Å²) in [6.07, 6.45) is 5.71. The smallest absolute Gasteiger partial charge is 0.255 e. The minimum Gasteiger partial charge on any atom is -0.493 e. The highest BCUT2D eigenvalue weighted by Crippen LogP contribution is 2.36. The van der Waals surface area contributed by atoms with Gasteiger partial charge in [0.1, 0.15) is 11.9 Å². The highest BCUT2D eigenvalue weighted by molar-refractivity contribution is 6.02. The number of aryl methyl sites for hydroxylation is 1. The third-order valence-corrected chi connectivity index (χ3v) is 10.1. The number of fused-ring (bicyclic) bond motifs is 1. The number of nitrogens with one attached hydrogen (secondary N) is 2. The number of aliphatic hydroxyl groups excluding tert-OH is 4. The van der Waals surface area contributed by atoms with Crippen LogP contribution in [0.3, 0.4) is 0 Å². The molecule has 4 aromatic carbocycles. The first-order valence-corrected chi connectivity index (χ1v) is 18.9. The van der Waals surface area contributed by atoms with E-state index in [1.54, 1.807) is 19.2 Å². The van der Waals surface area contributed by atoms with E-state index in [-0.39, 0.29) is 38.4 Å². The Morgan fingerprint density at radius 1 is 0.709 bits per heavy atom. The molecule has 1 amide bonds. The number of hydrogen-bond donors (Lipinski definition) is 6. The number of methoxy groups -OCH3 is 1. The zero-order valence-corrected chi connectivity index (χ0v) is 31.5. The minimum absolute atomic E-state index is 0.130. The van der Waals surface area contributed by atoms with Gasteiger partial charge in [-0.3, -0.25) is 4.79 Å². The van der Waals surface area contributed by atoms with Crippen LogP contribution in [0, 0.1) is 6.92 Å². The van der Waals surface area contributed by atoms with Gasteiger partial charge in [0.2, 0.25) is 0 Å². The fraction of sp³-hybridized carbons (Fsp3) is 0.395. The number of rotatable bonds is 19. The Hall–Kier alpha value is -5.14. The number of oxime groups is 1. The second-order valence-electron chi connectivity index (χ2n) is 13.9. The molecule has 2 unspecified atom stereocenters. The number of anilines is 1. The second-order valence-corrected chi connectivity index (χ2v) is 13.9. The van der Waals surface area contributed by atoms with Gasteiger partial charge in [0.15, 0.2) is 17.6 Å². The molecule has 2 atom stereocenters. The molecule has 0 aliphatic carbocycles. The average molecular weight is 754 g/mol. The summed E-state index contributed by atoms with van der Waals surface area (Å²) in [5, 5.41) is 50.1. The van der Waals surface area contributed by atoms with Crippen molar-refractivity contribution in [3.05, 3.63) is 117 Å². The summed E-state index contributed by atoms with van der Waals surface area (Å²) in [4.78, 5) is 18.5.